The lowest BCUT2D eigenvalue weighted by Gasteiger charge is -2.27. The fraction of sp³-hybridized carbons (Fsp3) is 0.444. The summed E-state index contributed by atoms with van der Waals surface area (Å²) < 4.78 is 5.43. The van der Waals surface area contributed by atoms with Crippen molar-refractivity contribution in [1.29, 1.82) is 5.26 Å². The lowest BCUT2D eigenvalue weighted by atomic mass is 9.87. The van der Waals surface area contributed by atoms with Gasteiger partial charge in [-0.05, 0) is 49.3 Å². The molecule has 2 aromatic rings. The van der Waals surface area contributed by atoms with Crippen molar-refractivity contribution in [3.8, 4) is 23.1 Å². The van der Waals surface area contributed by atoms with E-state index in [1.807, 2.05) is 12.1 Å². The number of hydrogen-bond donors (Lipinski definition) is 1. The molecule has 0 bridgehead atoms. The van der Waals surface area contributed by atoms with E-state index in [1.54, 1.807) is 25.6 Å². The third kappa shape index (κ3) is 3.62. The average Bonchev–Trinajstić information content (AvgIpc) is 2.63. The molecule has 6 nitrogen and oxygen atoms in total. The Hall–Kier alpha value is -2.68. The van der Waals surface area contributed by atoms with E-state index in [-0.39, 0.29) is 0 Å². The van der Waals surface area contributed by atoms with E-state index in [9.17, 15) is 0 Å². The molecule has 0 radical (unpaired) electrons. The van der Waals surface area contributed by atoms with Gasteiger partial charge in [0.1, 0.15) is 11.8 Å². The third-order valence-electron chi connectivity index (χ3n) is 4.48. The van der Waals surface area contributed by atoms with E-state index in [2.05, 4.69) is 27.2 Å². The minimum absolute atomic E-state index is 0.355. The van der Waals surface area contributed by atoms with Gasteiger partial charge in [0.2, 0.25) is 11.8 Å². The molecule has 0 saturated heterocycles. The van der Waals surface area contributed by atoms with Crippen LogP contribution in [-0.2, 0) is 0 Å². The van der Waals surface area contributed by atoms with E-state index < -0.39 is 0 Å². The lowest BCUT2D eigenvalue weighted by molar-refractivity contribution is 0.359. The second-order valence-electron chi connectivity index (χ2n) is 6.26. The molecule has 0 amide bonds. The first-order chi connectivity index (χ1) is 11.7. The van der Waals surface area contributed by atoms with Gasteiger partial charge in [-0.15, -0.1) is 0 Å². The number of aromatic nitrogens is 3. The molecule has 2 heterocycles. The molecule has 24 heavy (non-hydrogen) atoms. The van der Waals surface area contributed by atoms with Gasteiger partial charge in [-0.2, -0.15) is 10.2 Å². The Balaban J connectivity index is 1.81. The van der Waals surface area contributed by atoms with Crippen LogP contribution in [0, 0.1) is 17.2 Å². The van der Waals surface area contributed by atoms with E-state index in [4.69, 9.17) is 10.00 Å². The zero-order chi connectivity index (χ0) is 16.9. The quantitative estimate of drug-likeness (QED) is 0.928. The number of nitrogens with zero attached hydrogens (tertiary/aromatic N) is 4. The second kappa shape index (κ2) is 7.26. The van der Waals surface area contributed by atoms with Crippen LogP contribution in [0.5, 0.6) is 5.88 Å². The SMILES string of the molecule is COc1nc(NC2CCC(C)CC2)ncc1-c1ccnc(C#N)c1. The van der Waals surface area contributed by atoms with E-state index >= 15 is 0 Å². The Bertz CT molecular complexity index is 747. The summed E-state index contributed by atoms with van der Waals surface area (Å²) >= 11 is 0. The summed E-state index contributed by atoms with van der Waals surface area (Å²) in [6.07, 6.45) is 8.09. The molecule has 3 rings (SSSR count). The Morgan fingerprint density at radius 3 is 2.75 bits per heavy atom. The van der Waals surface area contributed by atoms with Gasteiger partial charge in [0.15, 0.2) is 0 Å². The minimum atomic E-state index is 0.355. The summed E-state index contributed by atoms with van der Waals surface area (Å²) in [5.74, 6) is 1.89. The van der Waals surface area contributed by atoms with E-state index in [0.717, 1.165) is 29.9 Å². The van der Waals surface area contributed by atoms with Gasteiger partial charge in [-0.1, -0.05) is 6.92 Å². The van der Waals surface area contributed by atoms with Crippen molar-refractivity contribution in [1.82, 2.24) is 15.0 Å². The number of nitrogens with one attached hydrogen (secondary N) is 1. The molecule has 1 aliphatic rings. The van der Waals surface area contributed by atoms with Gasteiger partial charge in [-0.25, -0.2) is 9.97 Å². The maximum Gasteiger partial charge on any atom is 0.226 e. The first kappa shape index (κ1) is 16.2. The van der Waals surface area contributed by atoms with Gasteiger partial charge in [0.25, 0.3) is 0 Å². The fourth-order valence-electron chi connectivity index (χ4n) is 3.04. The average molecular weight is 323 g/mol. The fourth-order valence-corrected chi connectivity index (χ4v) is 3.04. The molecule has 2 aromatic heterocycles. The van der Waals surface area contributed by atoms with Gasteiger partial charge in [0.05, 0.1) is 12.7 Å². The van der Waals surface area contributed by atoms with Crippen LogP contribution in [0.1, 0.15) is 38.3 Å². The van der Waals surface area contributed by atoms with Crippen LogP contribution < -0.4 is 10.1 Å². The number of rotatable bonds is 4. The smallest absolute Gasteiger partial charge is 0.226 e. The van der Waals surface area contributed by atoms with Crippen molar-refractivity contribution >= 4 is 5.95 Å². The maximum absolute atomic E-state index is 9.00. The van der Waals surface area contributed by atoms with Crippen LogP contribution in [0.2, 0.25) is 0 Å². The van der Waals surface area contributed by atoms with Crippen molar-refractivity contribution in [3.05, 3.63) is 30.2 Å². The van der Waals surface area contributed by atoms with Gasteiger partial charge in [0, 0.05) is 18.4 Å². The van der Waals surface area contributed by atoms with Crippen LogP contribution in [0.3, 0.4) is 0 Å². The van der Waals surface area contributed by atoms with Crippen LogP contribution in [0.25, 0.3) is 11.1 Å². The summed E-state index contributed by atoms with van der Waals surface area (Å²) in [6.45, 7) is 2.30. The monoisotopic (exact) mass is 323 g/mol. The van der Waals surface area contributed by atoms with Crippen molar-refractivity contribution in [3.63, 3.8) is 0 Å². The highest BCUT2D eigenvalue weighted by molar-refractivity contribution is 5.69. The minimum Gasteiger partial charge on any atom is -0.480 e. The highest BCUT2D eigenvalue weighted by atomic mass is 16.5. The van der Waals surface area contributed by atoms with Crippen LogP contribution >= 0.6 is 0 Å². The first-order valence-electron chi connectivity index (χ1n) is 8.23. The Kier molecular flexibility index (Phi) is 4.90. The molecule has 1 fully saturated rings. The zero-order valence-corrected chi connectivity index (χ0v) is 14.0. The molecule has 124 valence electrons. The molecule has 0 aliphatic heterocycles. The highest BCUT2D eigenvalue weighted by Crippen LogP contribution is 2.30. The molecule has 0 aromatic carbocycles. The van der Waals surface area contributed by atoms with Crippen LogP contribution in [0.15, 0.2) is 24.5 Å². The molecule has 1 N–H and O–H groups in total. The standard InChI is InChI=1S/C18H21N5O/c1-12-3-5-14(6-4-12)22-18-21-11-16(17(23-18)24-2)13-7-8-20-15(9-13)10-19/h7-9,11-12,14H,3-6H2,1-2H3,(H,21,22,23). The largest absolute Gasteiger partial charge is 0.480 e. The van der Waals surface area contributed by atoms with Crippen LogP contribution in [-0.4, -0.2) is 28.1 Å². The number of methoxy groups -OCH3 is 1. The van der Waals surface area contributed by atoms with Gasteiger partial charge in [-0.3, -0.25) is 0 Å². The number of hydrogen-bond acceptors (Lipinski definition) is 6. The summed E-state index contributed by atoms with van der Waals surface area (Å²) in [6, 6.07) is 5.98. The molecule has 1 aliphatic carbocycles. The molecular formula is C18H21N5O. The molecule has 0 spiro atoms. The maximum atomic E-state index is 9.00. The third-order valence-corrected chi connectivity index (χ3v) is 4.48. The molecule has 6 heteroatoms. The summed E-state index contributed by atoms with van der Waals surface area (Å²) in [4.78, 5) is 12.9. The first-order valence-corrected chi connectivity index (χ1v) is 8.23. The molecule has 0 atom stereocenters. The van der Waals surface area contributed by atoms with Crippen LogP contribution in [0.4, 0.5) is 5.95 Å². The number of nitriles is 1. The predicted octanol–water partition coefficient (Wildman–Crippen LogP) is 3.41. The number of ether oxygens (including phenoxy) is 1. The van der Waals surface area contributed by atoms with Gasteiger partial charge >= 0.3 is 0 Å². The number of pyridine rings is 1. The van der Waals surface area contributed by atoms with Crippen molar-refractivity contribution in [2.45, 2.75) is 38.6 Å². The summed E-state index contributed by atoms with van der Waals surface area (Å²) in [7, 11) is 1.59. The molecule has 1 saturated carbocycles. The Morgan fingerprint density at radius 2 is 2.04 bits per heavy atom. The number of anilines is 1. The molecule has 0 unspecified atom stereocenters. The Morgan fingerprint density at radius 1 is 1.25 bits per heavy atom. The summed E-state index contributed by atoms with van der Waals surface area (Å²) in [5, 5.41) is 12.4. The van der Waals surface area contributed by atoms with Crippen molar-refractivity contribution < 1.29 is 4.74 Å². The molecular weight excluding hydrogens is 302 g/mol. The van der Waals surface area contributed by atoms with Gasteiger partial charge < -0.3 is 10.1 Å². The zero-order valence-electron chi connectivity index (χ0n) is 14.0. The van der Waals surface area contributed by atoms with Crippen molar-refractivity contribution in [2.24, 2.45) is 5.92 Å². The lowest BCUT2D eigenvalue weighted by Crippen LogP contribution is -2.26. The second-order valence-corrected chi connectivity index (χ2v) is 6.26. The predicted molar refractivity (Wildman–Crippen MR) is 91.6 cm³/mol. The summed E-state index contributed by atoms with van der Waals surface area (Å²) in [5.41, 5.74) is 1.92. The van der Waals surface area contributed by atoms with E-state index in [1.165, 1.54) is 12.8 Å². The van der Waals surface area contributed by atoms with Crippen molar-refractivity contribution in [2.75, 3.05) is 12.4 Å². The Labute approximate surface area is 141 Å². The van der Waals surface area contributed by atoms with E-state index in [0.29, 0.717) is 23.6 Å². The normalized spacial score (nSPS) is 20.2. The topological polar surface area (TPSA) is 83.7 Å². The highest BCUT2D eigenvalue weighted by Gasteiger charge is 2.19.